The lowest BCUT2D eigenvalue weighted by molar-refractivity contribution is -0.150. The number of ketones is 1. The number of fused-ring (bicyclic) bond motifs is 2. The number of hydrogen-bond donors (Lipinski definition) is 0. The second kappa shape index (κ2) is 2.55. The van der Waals surface area contributed by atoms with Crippen molar-refractivity contribution in [3.8, 4) is 0 Å². The van der Waals surface area contributed by atoms with Crippen LogP contribution in [0, 0.1) is 10.8 Å². The SMILES string of the molecule is CC(=O)[C@]12CC(C)=C(C)C[C@]13C(C)=NN1[C@]3(C)[C@]12C. The molecule has 19 heavy (non-hydrogen) atoms. The van der Waals surface area contributed by atoms with Crippen molar-refractivity contribution < 1.29 is 4.79 Å². The van der Waals surface area contributed by atoms with Crippen LogP contribution in [0.1, 0.15) is 54.4 Å². The Hall–Kier alpha value is -1.12. The molecule has 0 bridgehead atoms. The minimum Gasteiger partial charge on any atom is -0.299 e. The fraction of sp³-hybridized carbons (Fsp3) is 0.750. The Morgan fingerprint density at radius 3 is 2.26 bits per heavy atom. The number of allylic oxidation sites excluding steroid dienone is 2. The Morgan fingerprint density at radius 1 is 1.11 bits per heavy atom. The summed E-state index contributed by atoms with van der Waals surface area (Å²) in [4.78, 5) is 12.6. The van der Waals surface area contributed by atoms with E-state index in [1.54, 1.807) is 6.92 Å². The van der Waals surface area contributed by atoms with Crippen molar-refractivity contribution in [3.05, 3.63) is 11.1 Å². The van der Waals surface area contributed by atoms with Gasteiger partial charge in [-0.2, -0.15) is 5.10 Å². The van der Waals surface area contributed by atoms with Crippen molar-refractivity contribution in [3.63, 3.8) is 0 Å². The Bertz CT molecular complexity index is 604. The minimum atomic E-state index is -0.232. The Labute approximate surface area is 114 Å². The summed E-state index contributed by atoms with van der Waals surface area (Å²) in [5.74, 6) is 0.357. The summed E-state index contributed by atoms with van der Waals surface area (Å²) >= 11 is 0. The van der Waals surface area contributed by atoms with Gasteiger partial charge in [-0.05, 0) is 54.4 Å². The molecule has 2 aliphatic carbocycles. The van der Waals surface area contributed by atoms with Gasteiger partial charge in [-0.15, -0.1) is 0 Å². The highest BCUT2D eigenvalue weighted by Crippen LogP contribution is 2.90. The van der Waals surface area contributed by atoms with E-state index < -0.39 is 0 Å². The van der Waals surface area contributed by atoms with Gasteiger partial charge in [0.2, 0.25) is 0 Å². The molecule has 0 N–H and O–H groups in total. The van der Waals surface area contributed by atoms with Gasteiger partial charge in [-0.3, -0.25) is 9.80 Å². The van der Waals surface area contributed by atoms with E-state index in [9.17, 15) is 4.79 Å². The van der Waals surface area contributed by atoms with E-state index in [4.69, 9.17) is 5.10 Å². The Kier molecular flexibility index (Phi) is 1.57. The van der Waals surface area contributed by atoms with E-state index in [1.165, 1.54) is 16.9 Å². The van der Waals surface area contributed by atoms with Crippen LogP contribution < -0.4 is 0 Å². The van der Waals surface area contributed by atoms with Gasteiger partial charge in [-0.1, -0.05) is 11.1 Å². The fourth-order valence-corrected chi connectivity index (χ4v) is 6.29. The zero-order chi connectivity index (χ0) is 14.0. The smallest absolute Gasteiger partial charge is 0.139 e. The molecular weight excluding hydrogens is 236 g/mol. The van der Waals surface area contributed by atoms with Crippen molar-refractivity contribution in [2.24, 2.45) is 15.9 Å². The lowest BCUT2D eigenvalue weighted by Crippen LogP contribution is -2.76. The molecule has 0 radical (unpaired) electrons. The third kappa shape index (κ3) is 0.667. The van der Waals surface area contributed by atoms with E-state index in [-0.39, 0.29) is 21.9 Å². The van der Waals surface area contributed by atoms with E-state index in [0.29, 0.717) is 5.78 Å². The van der Waals surface area contributed by atoms with Crippen molar-refractivity contribution >= 4 is 11.5 Å². The van der Waals surface area contributed by atoms with Crippen LogP contribution in [0.15, 0.2) is 16.2 Å². The third-order valence-electron chi connectivity index (χ3n) is 7.39. The van der Waals surface area contributed by atoms with E-state index in [2.05, 4.69) is 39.6 Å². The van der Waals surface area contributed by atoms with Gasteiger partial charge in [0.25, 0.3) is 0 Å². The lowest BCUT2D eigenvalue weighted by atomic mass is 9.32. The molecule has 0 amide bonds. The number of nitrogens with zero attached hydrogens (tertiary/aromatic N) is 2. The Morgan fingerprint density at radius 2 is 1.68 bits per heavy atom. The molecule has 4 aliphatic rings. The molecule has 102 valence electrons. The second-order valence-corrected chi connectivity index (χ2v) is 7.42. The van der Waals surface area contributed by atoms with Gasteiger partial charge in [0, 0.05) is 5.71 Å². The van der Waals surface area contributed by atoms with Gasteiger partial charge in [0.15, 0.2) is 0 Å². The summed E-state index contributed by atoms with van der Waals surface area (Å²) in [6.45, 7) is 12.9. The summed E-state index contributed by atoms with van der Waals surface area (Å²) in [7, 11) is 0. The molecule has 0 aromatic carbocycles. The topological polar surface area (TPSA) is 32.4 Å². The van der Waals surface area contributed by atoms with Crippen LogP contribution in [-0.4, -0.2) is 27.6 Å². The molecule has 0 aromatic heterocycles. The minimum absolute atomic E-state index is 0.0375. The molecular formula is C16H22N2O. The van der Waals surface area contributed by atoms with E-state index in [1.807, 2.05) is 0 Å². The highest BCUT2D eigenvalue weighted by molar-refractivity contribution is 6.07. The quantitative estimate of drug-likeness (QED) is 0.535. The lowest BCUT2D eigenvalue weighted by Gasteiger charge is -2.65. The van der Waals surface area contributed by atoms with Crippen molar-refractivity contribution in [1.29, 1.82) is 0 Å². The summed E-state index contributed by atoms with van der Waals surface area (Å²) in [6.07, 6.45) is 1.93. The summed E-state index contributed by atoms with van der Waals surface area (Å²) in [5, 5.41) is 7.01. The number of Topliss-reactive ketones (excluding diaryl/α,β-unsaturated/α-hetero) is 1. The van der Waals surface area contributed by atoms with E-state index >= 15 is 0 Å². The van der Waals surface area contributed by atoms with Crippen LogP contribution >= 0.6 is 0 Å². The average Bonchev–Trinajstić information content (AvgIpc) is 2.65. The van der Waals surface area contributed by atoms with Gasteiger partial charge in [0.05, 0.1) is 21.9 Å². The fourth-order valence-electron chi connectivity index (χ4n) is 6.29. The molecule has 0 aromatic rings. The predicted molar refractivity (Wildman–Crippen MR) is 74.9 cm³/mol. The Balaban J connectivity index is 2.04. The van der Waals surface area contributed by atoms with Crippen molar-refractivity contribution in [2.75, 3.05) is 0 Å². The molecule has 1 saturated carbocycles. The third-order valence-corrected chi connectivity index (χ3v) is 7.39. The average molecular weight is 258 g/mol. The molecule has 1 spiro atoms. The van der Waals surface area contributed by atoms with Crippen LogP contribution in [0.5, 0.6) is 0 Å². The number of hydrogen-bond acceptors (Lipinski definition) is 3. The summed E-state index contributed by atoms with van der Waals surface area (Å²) in [6, 6.07) is 0. The largest absolute Gasteiger partial charge is 0.299 e. The van der Waals surface area contributed by atoms with Crippen LogP contribution in [0.3, 0.4) is 0 Å². The van der Waals surface area contributed by atoms with Gasteiger partial charge in [-0.25, -0.2) is 0 Å². The highest BCUT2D eigenvalue weighted by Gasteiger charge is 3.03. The van der Waals surface area contributed by atoms with Gasteiger partial charge in [0.1, 0.15) is 5.78 Å². The second-order valence-electron chi connectivity index (χ2n) is 7.42. The van der Waals surface area contributed by atoms with Crippen LogP contribution in [0.25, 0.3) is 0 Å². The standard InChI is InChI=1S/C16H22N2O/c1-9-7-15-11(3)17-18-13(15,5)14(18,6)16(15,12(4)19)8-10(9)2/h7-8H2,1-6H3/t13-,14+,15-,16+,18?/m1/s1. The molecule has 3 nitrogen and oxygen atoms in total. The molecule has 2 aliphatic heterocycles. The van der Waals surface area contributed by atoms with Crippen LogP contribution in [0.2, 0.25) is 0 Å². The van der Waals surface area contributed by atoms with Crippen LogP contribution in [0.4, 0.5) is 0 Å². The van der Waals surface area contributed by atoms with Gasteiger partial charge < -0.3 is 0 Å². The maximum Gasteiger partial charge on any atom is 0.139 e. The molecule has 1 saturated heterocycles. The molecule has 2 fully saturated rings. The first kappa shape index (κ1) is 11.7. The predicted octanol–water partition coefficient (Wildman–Crippen LogP) is 2.91. The first-order valence-electron chi connectivity index (χ1n) is 7.24. The zero-order valence-electron chi connectivity index (χ0n) is 12.7. The first-order valence-corrected chi connectivity index (χ1v) is 7.24. The number of hydrazone groups is 1. The van der Waals surface area contributed by atoms with Crippen molar-refractivity contribution in [1.82, 2.24) is 5.01 Å². The van der Waals surface area contributed by atoms with Gasteiger partial charge >= 0.3 is 0 Å². The molecule has 4 atom stereocenters. The summed E-state index contributed by atoms with van der Waals surface area (Å²) < 4.78 is 0. The zero-order valence-corrected chi connectivity index (χ0v) is 12.7. The molecule has 0 unspecified atom stereocenters. The van der Waals surface area contributed by atoms with Crippen molar-refractivity contribution in [2.45, 2.75) is 65.5 Å². The van der Waals surface area contributed by atoms with Crippen LogP contribution in [-0.2, 0) is 4.79 Å². The monoisotopic (exact) mass is 258 g/mol. The number of carbonyl (C=O) groups excluding carboxylic acids is 1. The normalized spacial score (nSPS) is 53.4. The number of rotatable bonds is 1. The number of carbonyl (C=O) groups is 1. The maximum absolute atomic E-state index is 12.6. The summed E-state index contributed by atoms with van der Waals surface area (Å²) in [5.41, 5.74) is 3.82. The first-order chi connectivity index (χ1) is 8.71. The molecule has 3 heteroatoms. The maximum atomic E-state index is 12.6. The van der Waals surface area contributed by atoms with E-state index in [0.717, 1.165) is 12.8 Å². The molecule has 2 heterocycles. The highest BCUT2D eigenvalue weighted by atomic mass is 16.1. The molecule has 4 rings (SSSR count).